The maximum Gasteiger partial charge on any atom is 0.251 e. The maximum absolute atomic E-state index is 12.1. The Morgan fingerprint density at radius 2 is 1.60 bits per heavy atom. The summed E-state index contributed by atoms with van der Waals surface area (Å²) in [5.74, 6) is -0.722. The predicted octanol–water partition coefficient (Wildman–Crippen LogP) is 1.36. The third kappa shape index (κ3) is 4.29. The molecule has 2 aromatic carbocycles. The van der Waals surface area contributed by atoms with Crippen LogP contribution in [0.5, 0.6) is 0 Å². The number of carbonyl (C=O) groups is 2. The average Bonchev–Trinajstić information content (AvgIpc) is 3.14. The minimum absolute atomic E-state index is 0.206. The second-order valence-electron chi connectivity index (χ2n) is 5.53. The van der Waals surface area contributed by atoms with Crippen molar-refractivity contribution in [3.63, 3.8) is 0 Å². The zero-order valence-corrected chi connectivity index (χ0v) is 13.4. The third-order valence-electron chi connectivity index (χ3n) is 3.72. The van der Waals surface area contributed by atoms with Gasteiger partial charge in [-0.1, -0.05) is 24.3 Å². The Hall–Kier alpha value is -3.48. The van der Waals surface area contributed by atoms with Crippen LogP contribution in [0.25, 0.3) is 0 Å². The van der Waals surface area contributed by atoms with E-state index in [9.17, 15) is 9.59 Å². The standard InChI is InChI=1S/C18H17N5O2/c19-17(24)15-5-7-16(8-6-15)18(25)21-9-13-1-3-14(4-2-13)10-23-12-20-11-22-23/h1-8,11-12H,9-10H2,(H2,19,24)(H,21,25). The van der Waals surface area contributed by atoms with Gasteiger partial charge in [-0.05, 0) is 35.4 Å². The SMILES string of the molecule is NC(=O)c1ccc(C(=O)NCc2ccc(Cn3cncn3)cc2)cc1. The number of nitrogens with two attached hydrogens (primary N) is 1. The first-order valence-electron chi connectivity index (χ1n) is 7.70. The molecule has 3 N–H and O–H groups in total. The highest BCUT2D eigenvalue weighted by Crippen LogP contribution is 2.07. The second kappa shape index (κ2) is 7.39. The number of benzene rings is 2. The van der Waals surface area contributed by atoms with Gasteiger partial charge in [-0.15, -0.1) is 0 Å². The van der Waals surface area contributed by atoms with Crippen molar-refractivity contribution in [3.05, 3.63) is 83.4 Å². The highest BCUT2D eigenvalue weighted by Gasteiger charge is 2.07. The van der Waals surface area contributed by atoms with Gasteiger partial charge in [0.15, 0.2) is 0 Å². The predicted molar refractivity (Wildman–Crippen MR) is 91.7 cm³/mol. The molecule has 3 rings (SSSR count). The van der Waals surface area contributed by atoms with Crippen molar-refractivity contribution in [3.8, 4) is 0 Å². The minimum atomic E-state index is -0.516. The van der Waals surface area contributed by atoms with Crippen LogP contribution in [0.4, 0.5) is 0 Å². The molecule has 7 heteroatoms. The zero-order chi connectivity index (χ0) is 17.6. The van der Waals surface area contributed by atoms with Crippen molar-refractivity contribution in [1.82, 2.24) is 20.1 Å². The molecule has 25 heavy (non-hydrogen) atoms. The number of carbonyl (C=O) groups excluding carboxylic acids is 2. The third-order valence-corrected chi connectivity index (χ3v) is 3.72. The van der Waals surface area contributed by atoms with Gasteiger partial charge in [-0.3, -0.25) is 9.59 Å². The molecule has 0 bridgehead atoms. The molecule has 126 valence electrons. The lowest BCUT2D eigenvalue weighted by molar-refractivity contribution is 0.0948. The van der Waals surface area contributed by atoms with E-state index in [0.29, 0.717) is 24.2 Å². The lowest BCUT2D eigenvalue weighted by atomic mass is 10.1. The Morgan fingerprint density at radius 1 is 0.960 bits per heavy atom. The molecule has 3 aromatic rings. The number of nitrogens with one attached hydrogen (secondary N) is 1. The number of rotatable bonds is 6. The van der Waals surface area contributed by atoms with Crippen molar-refractivity contribution in [1.29, 1.82) is 0 Å². The molecule has 0 unspecified atom stereocenters. The molecule has 0 radical (unpaired) electrons. The molecule has 0 fully saturated rings. The fraction of sp³-hybridized carbons (Fsp3) is 0.111. The van der Waals surface area contributed by atoms with E-state index in [1.165, 1.54) is 18.5 Å². The van der Waals surface area contributed by atoms with E-state index in [2.05, 4.69) is 15.4 Å². The molecule has 0 aliphatic heterocycles. The average molecular weight is 335 g/mol. The second-order valence-corrected chi connectivity index (χ2v) is 5.53. The molecule has 0 saturated heterocycles. The summed E-state index contributed by atoms with van der Waals surface area (Å²) >= 11 is 0. The number of amides is 2. The summed E-state index contributed by atoms with van der Waals surface area (Å²) < 4.78 is 1.74. The van der Waals surface area contributed by atoms with Crippen LogP contribution in [-0.4, -0.2) is 26.6 Å². The van der Waals surface area contributed by atoms with E-state index < -0.39 is 5.91 Å². The van der Waals surface area contributed by atoms with Crippen LogP contribution in [0.2, 0.25) is 0 Å². The molecule has 0 spiro atoms. The monoisotopic (exact) mass is 335 g/mol. The van der Waals surface area contributed by atoms with E-state index in [4.69, 9.17) is 5.73 Å². The smallest absolute Gasteiger partial charge is 0.251 e. The molecule has 1 heterocycles. The molecule has 7 nitrogen and oxygen atoms in total. The molecular weight excluding hydrogens is 318 g/mol. The minimum Gasteiger partial charge on any atom is -0.366 e. The zero-order valence-electron chi connectivity index (χ0n) is 13.4. The Bertz CT molecular complexity index is 855. The van der Waals surface area contributed by atoms with Gasteiger partial charge < -0.3 is 11.1 Å². The van der Waals surface area contributed by atoms with Gasteiger partial charge >= 0.3 is 0 Å². The van der Waals surface area contributed by atoms with Gasteiger partial charge in [-0.2, -0.15) is 5.10 Å². The van der Waals surface area contributed by atoms with Gasteiger partial charge in [0, 0.05) is 17.7 Å². The van der Waals surface area contributed by atoms with Crippen LogP contribution in [0.1, 0.15) is 31.8 Å². The van der Waals surface area contributed by atoms with Gasteiger partial charge in [0.25, 0.3) is 5.91 Å². The van der Waals surface area contributed by atoms with Gasteiger partial charge in [0.05, 0.1) is 6.54 Å². The molecular formula is C18H17N5O2. The molecule has 0 aliphatic carbocycles. The highest BCUT2D eigenvalue weighted by molar-refractivity contribution is 5.97. The topological polar surface area (TPSA) is 103 Å². The van der Waals surface area contributed by atoms with Crippen molar-refractivity contribution in [2.24, 2.45) is 5.73 Å². The van der Waals surface area contributed by atoms with Crippen molar-refractivity contribution < 1.29 is 9.59 Å². The van der Waals surface area contributed by atoms with Crippen LogP contribution >= 0.6 is 0 Å². The lowest BCUT2D eigenvalue weighted by Gasteiger charge is -2.07. The van der Waals surface area contributed by atoms with E-state index in [0.717, 1.165) is 11.1 Å². The summed E-state index contributed by atoms with van der Waals surface area (Å²) in [6.45, 7) is 1.07. The Kier molecular flexibility index (Phi) is 4.84. The molecule has 1 aromatic heterocycles. The van der Waals surface area contributed by atoms with Crippen molar-refractivity contribution in [2.75, 3.05) is 0 Å². The summed E-state index contributed by atoms with van der Waals surface area (Å²) in [5, 5.41) is 6.91. The quantitative estimate of drug-likeness (QED) is 0.710. The summed E-state index contributed by atoms with van der Waals surface area (Å²) in [7, 11) is 0. The van der Waals surface area contributed by atoms with Gasteiger partial charge in [0.2, 0.25) is 5.91 Å². The highest BCUT2D eigenvalue weighted by atomic mass is 16.2. The Morgan fingerprint density at radius 3 is 2.20 bits per heavy atom. The van der Waals surface area contributed by atoms with Crippen LogP contribution in [0.15, 0.2) is 61.2 Å². The van der Waals surface area contributed by atoms with Gasteiger partial charge in [-0.25, -0.2) is 9.67 Å². The number of hydrogen-bond acceptors (Lipinski definition) is 4. The van der Waals surface area contributed by atoms with Crippen LogP contribution in [0, 0.1) is 0 Å². The Labute approximate surface area is 144 Å². The molecule has 0 saturated carbocycles. The summed E-state index contributed by atoms with van der Waals surface area (Å²) in [5.41, 5.74) is 8.12. The van der Waals surface area contributed by atoms with E-state index >= 15 is 0 Å². The van der Waals surface area contributed by atoms with Crippen molar-refractivity contribution in [2.45, 2.75) is 13.1 Å². The first kappa shape index (κ1) is 16.4. The number of hydrogen-bond donors (Lipinski definition) is 2. The van der Waals surface area contributed by atoms with Crippen LogP contribution in [0.3, 0.4) is 0 Å². The number of aromatic nitrogens is 3. The largest absolute Gasteiger partial charge is 0.366 e. The Balaban J connectivity index is 1.55. The van der Waals surface area contributed by atoms with Crippen molar-refractivity contribution >= 4 is 11.8 Å². The first-order valence-corrected chi connectivity index (χ1v) is 7.70. The van der Waals surface area contributed by atoms with E-state index in [1.54, 1.807) is 23.1 Å². The number of nitrogens with zero attached hydrogens (tertiary/aromatic N) is 3. The maximum atomic E-state index is 12.1. The summed E-state index contributed by atoms with van der Waals surface area (Å²) in [6, 6.07) is 14.1. The van der Waals surface area contributed by atoms with E-state index in [1.807, 2.05) is 24.3 Å². The number of primary amides is 1. The lowest BCUT2D eigenvalue weighted by Crippen LogP contribution is -2.23. The molecule has 0 aliphatic rings. The fourth-order valence-corrected chi connectivity index (χ4v) is 2.33. The van der Waals surface area contributed by atoms with Crippen LogP contribution < -0.4 is 11.1 Å². The molecule has 0 atom stereocenters. The summed E-state index contributed by atoms with van der Waals surface area (Å²) in [6.07, 6.45) is 3.16. The molecule has 2 amide bonds. The van der Waals surface area contributed by atoms with Gasteiger partial charge in [0.1, 0.15) is 12.7 Å². The van der Waals surface area contributed by atoms with Crippen LogP contribution in [-0.2, 0) is 13.1 Å². The fourth-order valence-electron chi connectivity index (χ4n) is 2.33. The van der Waals surface area contributed by atoms with E-state index in [-0.39, 0.29) is 5.91 Å². The normalized spacial score (nSPS) is 10.4. The summed E-state index contributed by atoms with van der Waals surface area (Å²) in [4.78, 5) is 27.1. The first-order chi connectivity index (χ1) is 12.1.